The smallest absolute Gasteiger partial charge is 0.347 e. The lowest BCUT2D eigenvalue weighted by Gasteiger charge is -2.10. The van der Waals surface area contributed by atoms with Gasteiger partial charge in [0, 0.05) is 12.4 Å². The summed E-state index contributed by atoms with van der Waals surface area (Å²) in [6, 6.07) is 19.0. The minimum atomic E-state index is -0.645. The monoisotopic (exact) mass is 343 g/mol. The molecule has 2 aromatic heterocycles. The summed E-state index contributed by atoms with van der Waals surface area (Å²) in [4.78, 5) is 29.3. The van der Waals surface area contributed by atoms with E-state index in [4.69, 9.17) is 9.15 Å². The average molecular weight is 343 g/mol. The fraction of sp³-hybridized carbons (Fsp3) is 0. The summed E-state index contributed by atoms with van der Waals surface area (Å²) < 4.78 is 11.2. The minimum absolute atomic E-state index is 0.131. The Morgan fingerprint density at radius 2 is 1.69 bits per heavy atom. The standard InChI is InChI=1S/C21H13NO4/c23-19-16-10-4-5-11-17(16)25-21(18(19)14-7-2-1-3-8-14)26-20(24)15-9-6-12-22-13-15/h1-13H. The highest BCUT2D eigenvalue weighted by molar-refractivity contribution is 5.92. The normalized spacial score (nSPS) is 10.6. The van der Waals surface area contributed by atoms with Crippen LogP contribution in [0.4, 0.5) is 0 Å². The largest absolute Gasteiger partial charge is 0.425 e. The van der Waals surface area contributed by atoms with E-state index in [-0.39, 0.29) is 22.5 Å². The fourth-order valence-corrected chi connectivity index (χ4v) is 2.67. The Kier molecular flexibility index (Phi) is 4.03. The summed E-state index contributed by atoms with van der Waals surface area (Å²) >= 11 is 0. The molecule has 0 bridgehead atoms. The van der Waals surface area contributed by atoms with E-state index in [1.165, 1.54) is 6.20 Å². The lowest BCUT2D eigenvalue weighted by molar-refractivity contribution is 0.0696. The highest BCUT2D eigenvalue weighted by Crippen LogP contribution is 2.30. The molecule has 2 heterocycles. The molecule has 2 aromatic carbocycles. The van der Waals surface area contributed by atoms with Crippen LogP contribution in [0.15, 0.2) is 88.3 Å². The number of carbonyl (C=O) groups excluding carboxylic acids is 1. The van der Waals surface area contributed by atoms with Gasteiger partial charge < -0.3 is 9.15 Å². The van der Waals surface area contributed by atoms with Crippen molar-refractivity contribution in [2.24, 2.45) is 0 Å². The van der Waals surface area contributed by atoms with E-state index in [1.807, 2.05) is 6.07 Å². The molecule has 0 radical (unpaired) electrons. The third-order valence-electron chi connectivity index (χ3n) is 3.91. The van der Waals surface area contributed by atoms with Crippen LogP contribution in [0.1, 0.15) is 10.4 Å². The van der Waals surface area contributed by atoms with Crippen molar-refractivity contribution in [1.29, 1.82) is 0 Å². The van der Waals surface area contributed by atoms with Gasteiger partial charge in [-0.25, -0.2) is 4.79 Å². The minimum Gasteiger partial charge on any atom is -0.425 e. The van der Waals surface area contributed by atoms with E-state index in [9.17, 15) is 9.59 Å². The second-order valence-corrected chi connectivity index (χ2v) is 5.59. The van der Waals surface area contributed by atoms with Gasteiger partial charge in [0.1, 0.15) is 11.1 Å². The van der Waals surface area contributed by atoms with E-state index in [0.717, 1.165) is 0 Å². The molecular formula is C21H13NO4. The van der Waals surface area contributed by atoms with E-state index in [1.54, 1.807) is 66.9 Å². The molecule has 26 heavy (non-hydrogen) atoms. The van der Waals surface area contributed by atoms with Crippen LogP contribution in [0.2, 0.25) is 0 Å². The molecule has 0 unspecified atom stereocenters. The van der Waals surface area contributed by atoms with Crippen LogP contribution in [0.25, 0.3) is 22.1 Å². The molecule has 0 saturated carbocycles. The highest BCUT2D eigenvalue weighted by Gasteiger charge is 2.20. The first-order valence-corrected chi connectivity index (χ1v) is 7.97. The summed E-state index contributed by atoms with van der Waals surface area (Å²) in [5, 5.41) is 0.424. The van der Waals surface area contributed by atoms with Crippen LogP contribution in [-0.4, -0.2) is 11.0 Å². The number of fused-ring (bicyclic) bond motifs is 1. The van der Waals surface area contributed by atoms with Gasteiger partial charge in [-0.05, 0) is 29.8 Å². The Balaban J connectivity index is 1.90. The summed E-state index contributed by atoms with van der Waals surface area (Å²) in [6.45, 7) is 0. The second kappa shape index (κ2) is 6.64. The quantitative estimate of drug-likeness (QED) is 0.524. The summed E-state index contributed by atoms with van der Waals surface area (Å²) in [6.07, 6.45) is 2.95. The molecule has 4 rings (SSSR count). The highest BCUT2D eigenvalue weighted by atomic mass is 16.6. The molecule has 0 fully saturated rings. The fourth-order valence-electron chi connectivity index (χ4n) is 2.67. The molecule has 0 saturated heterocycles. The molecule has 0 amide bonds. The van der Waals surface area contributed by atoms with Crippen molar-refractivity contribution in [3.8, 4) is 17.1 Å². The molecule has 0 spiro atoms. The number of pyridine rings is 1. The van der Waals surface area contributed by atoms with Crippen LogP contribution in [-0.2, 0) is 0 Å². The first-order valence-electron chi connectivity index (χ1n) is 7.97. The Labute approximate surface area is 148 Å². The number of carbonyl (C=O) groups is 1. The van der Waals surface area contributed by atoms with Gasteiger partial charge in [-0.1, -0.05) is 42.5 Å². The van der Waals surface area contributed by atoms with E-state index in [0.29, 0.717) is 16.5 Å². The second-order valence-electron chi connectivity index (χ2n) is 5.59. The first kappa shape index (κ1) is 15.8. The maximum Gasteiger partial charge on any atom is 0.347 e. The van der Waals surface area contributed by atoms with Gasteiger partial charge in [0.25, 0.3) is 0 Å². The third kappa shape index (κ3) is 2.86. The maximum absolute atomic E-state index is 13.0. The molecular weight excluding hydrogens is 330 g/mol. The molecule has 0 N–H and O–H groups in total. The number of hydrogen-bond acceptors (Lipinski definition) is 5. The molecule has 0 aliphatic heterocycles. The zero-order valence-electron chi connectivity index (χ0n) is 13.6. The number of ether oxygens (including phenoxy) is 1. The van der Waals surface area contributed by atoms with E-state index < -0.39 is 5.97 Å². The number of nitrogens with zero attached hydrogens (tertiary/aromatic N) is 1. The number of hydrogen-bond donors (Lipinski definition) is 0. The van der Waals surface area contributed by atoms with Gasteiger partial charge in [-0.3, -0.25) is 9.78 Å². The van der Waals surface area contributed by atoms with Crippen LogP contribution in [0, 0.1) is 0 Å². The van der Waals surface area contributed by atoms with Crippen LogP contribution < -0.4 is 10.2 Å². The number of benzene rings is 2. The van der Waals surface area contributed by atoms with Crippen molar-refractivity contribution in [2.75, 3.05) is 0 Å². The van der Waals surface area contributed by atoms with Gasteiger partial charge in [-0.2, -0.15) is 0 Å². The van der Waals surface area contributed by atoms with Crippen LogP contribution in [0.5, 0.6) is 5.95 Å². The van der Waals surface area contributed by atoms with Crippen molar-refractivity contribution in [3.63, 3.8) is 0 Å². The van der Waals surface area contributed by atoms with Gasteiger partial charge >= 0.3 is 11.9 Å². The molecule has 4 aromatic rings. The lowest BCUT2D eigenvalue weighted by atomic mass is 10.1. The third-order valence-corrected chi connectivity index (χ3v) is 3.91. The molecule has 0 aliphatic carbocycles. The summed E-state index contributed by atoms with van der Waals surface area (Å²) in [5.74, 6) is -0.775. The van der Waals surface area contributed by atoms with Crippen LogP contribution in [0.3, 0.4) is 0 Å². The molecule has 0 atom stereocenters. The lowest BCUT2D eigenvalue weighted by Crippen LogP contribution is -2.13. The molecule has 5 heteroatoms. The Bertz CT molecular complexity index is 1130. The SMILES string of the molecule is O=C(Oc1oc2ccccc2c(=O)c1-c1ccccc1)c1cccnc1. The maximum atomic E-state index is 13.0. The average Bonchev–Trinajstić information content (AvgIpc) is 2.69. The Hall–Kier alpha value is -3.73. The van der Waals surface area contributed by atoms with Crippen molar-refractivity contribution >= 4 is 16.9 Å². The number of aromatic nitrogens is 1. The molecule has 126 valence electrons. The number of esters is 1. The molecule has 0 aliphatic rings. The van der Waals surface area contributed by atoms with Crippen molar-refractivity contribution in [2.45, 2.75) is 0 Å². The predicted octanol–water partition coefficient (Wildman–Crippen LogP) is 4.07. The predicted molar refractivity (Wildman–Crippen MR) is 97.1 cm³/mol. The Morgan fingerprint density at radius 1 is 0.923 bits per heavy atom. The Morgan fingerprint density at radius 3 is 2.46 bits per heavy atom. The van der Waals surface area contributed by atoms with Crippen molar-refractivity contribution in [1.82, 2.24) is 4.98 Å². The van der Waals surface area contributed by atoms with Gasteiger partial charge in [0.2, 0.25) is 5.43 Å². The summed E-state index contributed by atoms with van der Waals surface area (Å²) in [5.41, 5.74) is 1.18. The van der Waals surface area contributed by atoms with Crippen molar-refractivity contribution in [3.05, 3.63) is 94.9 Å². The topological polar surface area (TPSA) is 69.4 Å². The zero-order chi connectivity index (χ0) is 17.9. The first-order chi connectivity index (χ1) is 12.7. The number of para-hydroxylation sites is 1. The van der Waals surface area contributed by atoms with E-state index in [2.05, 4.69) is 4.98 Å². The number of rotatable bonds is 3. The van der Waals surface area contributed by atoms with E-state index >= 15 is 0 Å². The van der Waals surface area contributed by atoms with Gasteiger partial charge in [-0.15, -0.1) is 0 Å². The van der Waals surface area contributed by atoms with Crippen molar-refractivity contribution < 1.29 is 13.9 Å². The molecule has 5 nitrogen and oxygen atoms in total. The van der Waals surface area contributed by atoms with Crippen LogP contribution >= 0.6 is 0 Å². The summed E-state index contributed by atoms with van der Waals surface area (Å²) in [7, 11) is 0. The zero-order valence-corrected chi connectivity index (χ0v) is 13.6. The van der Waals surface area contributed by atoms with Gasteiger partial charge in [0.15, 0.2) is 0 Å². The van der Waals surface area contributed by atoms with Gasteiger partial charge in [0.05, 0.1) is 10.9 Å².